The number of aromatic nitrogens is 2. The van der Waals surface area contributed by atoms with E-state index in [1.807, 2.05) is 60.0 Å². The molecule has 0 unspecified atom stereocenters. The van der Waals surface area contributed by atoms with Gasteiger partial charge in [-0.05, 0) is 67.1 Å². The van der Waals surface area contributed by atoms with Crippen LogP contribution in [0.4, 0.5) is 0 Å². The molecule has 1 radical (unpaired) electrons. The van der Waals surface area contributed by atoms with Crippen molar-refractivity contribution >= 4 is 38.2 Å². The topological polar surface area (TPSA) is 63.1 Å². The number of carbonyl (C=O) groups excluding carboxylic acids is 1. The van der Waals surface area contributed by atoms with Crippen LogP contribution in [-0.2, 0) is 46.6 Å². The second-order valence-corrected chi connectivity index (χ2v) is 21.7. The van der Waals surface area contributed by atoms with Crippen molar-refractivity contribution in [3.63, 3.8) is 0 Å². The van der Waals surface area contributed by atoms with E-state index in [0.717, 1.165) is 22.2 Å². The summed E-state index contributed by atoms with van der Waals surface area (Å²) in [7, 11) is 0. The Hall–Kier alpha value is -4.18. The van der Waals surface area contributed by atoms with E-state index >= 15 is 0 Å². The van der Waals surface area contributed by atoms with Crippen molar-refractivity contribution in [3.05, 3.63) is 131 Å². The summed E-state index contributed by atoms with van der Waals surface area (Å²) in [4.78, 5) is 20.8. The quantitative estimate of drug-likeness (QED) is 0.0813. The van der Waals surface area contributed by atoms with Gasteiger partial charge in [-0.1, -0.05) is 153 Å². The average molecular weight is 967 g/mol. The summed E-state index contributed by atoms with van der Waals surface area (Å²) in [5.41, 5.74) is 9.56. The van der Waals surface area contributed by atoms with Crippen LogP contribution in [0.1, 0.15) is 146 Å². The number of pyridine rings is 2. The van der Waals surface area contributed by atoms with Crippen LogP contribution < -0.4 is 0 Å². The van der Waals surface area contributed by atoms with Gasteiger partial charge in [0.05, 0.1) is 0 Å². The van der Waals surface area contributed by atoms with Crippen LogP contribution in [0.5, 0.6) is 0 Å². The molecule has 1 aliphatic carbocycles. The molecule has 0 spiro atoms. The van der Waals surface area contributed by atoms with E-state index in [2.05, 4.69) is 154 Å². The zero-order valence-corrected chi connectivity index (χ0v) is 41.1. The largest absolute Gasteiger partial charge is 0.512 e. The van der Waals surface area contributed by atoms with Crippen molar-refractivity contribution in [2.45, 2.75) is 139 Å². The fourth-order valence-corrected chi connectivity index (χ4v) is 7.16. The molecule has 5 heteroatoms. The van der Waals surface area contributed by atoms with Gasteiger partial charge in [-0.15, -0.1) is 64.5 Å². The third-order valence-electron chi connectivity index (χ3n) is 11.3. The molecule has 0 aliphatic heterocycles. The first-order valence-electron chi connectivity index (χ1n) is 20.7. The van der Waals surface area contributed by atoms with E-state index in [1.165, 1.54) is 55.4 Å². The van der Waals surface area contributed by atoms with Crippen molar-refractivity contribution in [1.82, 2.24) is 9.97 Å². The van der Waals surface area contributed by atoms with Crippen molar-refractivity contribution < 1.29 is 30.0 Å². The Morgan fingerprint density at radius 1 is 0.644 bits per heavy atom. The van der Waals surface area contributed by atoms with Crippen LogP contribution >= 0.6 is 0 Å². The molecule has 7 rings (SSSR count). The number of carbonyl (C=O) groups is 1. The van der Waals surface area contributed by atoms with Gasteiger partial charge in [0.2, 0.25) is 0 Å². The minimum absolute atomic E-state index is 0. The van der Waals surface area contributed by atoms with Crippen LogP contribution in [0.15, 0.2) is 91.0 Å². The van der Waals surface area contributed by atoms with Gasteiger partial charge in [0, 0.05) is 54.8 Å². The summed E-state index contributed by atoms with van der Waals surface area (Å²) in [5, 5.41) is 16.0. The zero-order valence-electron chi connectivity index (χ0n) is 38.7. The Bertz CT molecular complexity index is 2470. The molecule has 4 nitrogen and oxygen atoms in total. The monoisotopic (exact) mass is 967 g/mol. The number of hydrogen-bond acceptors (Lipinski definition) is 4. The molecule has 315 valence electrons. The van der Waals surface area contributed by atoms with Gasteiger partial charge in [-0.25, -0.2) is 0 Å². The molecule has 4 aromatic carbocycles. The number of aliphatic hydroxyl groups excluding tert-OH is 1. The molecule has 6 aromatic rings. The summed E-state index contributed by atoms with van der Waals surface area (Å²) in [6, 6.07) is 30.9. The molecular formula is C54H66IrN2O2-2. The van der Waals surface area contributed by atoms with Gasteiger partial charge in [0.15, 0.2) is 5.78 Å². The van der Waals surface area contributed by atoms with E-state index in [4.69, 9.17) is 4.98 Å². The van der Waals surface area contributed by atoms with Crippen LogP contribution in [0, 0.1) is 23.0 Å². The normalized spacial score (nSPS) is 14.1. The summed E-state index contributed by atoms with van der Waals surface area (Å²) in [5.74, 6) is 0.104. The van der Waals surface area contributed by atoms with Crippen molar-refractivity contribution in [2.75, 3.05) is 0 Å². The Labute approximate surface area is 368 Å². The Morgan fingerprint density at radius 3 is 1.80 bits per heavy atom. The molecule has 59 heavy (non-hydrogen) atoms. The van der Waals surface area contributed by atoms with Crippen molar-refractivity contribution in [3.8, 4) is 11.3 Å². The van der Waals surface area contributed by atoms with Crippen molar-refractivity contribution in [2.24, 2.45) is 10.8 Å². The maximum absolute atomic E-state index is 11.5. The molecule has 0 saturated carbocycles. The summed E-state index contributed by atoms with van der Waals surface area (Å²) >= 11 is 0. The van der Waals surface area contributed by atoms with Crippen molar-refractivity contribution in [1.29, 1.82) is 0 Å². The average Bonchev–Trinajstić information content (AvgIpc) is 3.36. The van der Waals surface area contributed by atoms with Crippen LogP contribution in [0.25, 0.3) is 43.7 Å². The second-order valence-electron chi connectivity index (χ2n) is 21.7. The third kappa shape index (κ3) is 10.2. The minimum atomic E-state index is -0.417. The zero-order chi connectivity index (χ0) is 43.4. The molecule has 0 atom stereocenters. The SMILES string of the molecule is CC(C)(C)C(=O)/C=C(\O)C(C)(C)C.CC(C)(C)c1c[c-]c2c(c1)c1cccc3c1c1c(ccnc21)C3(C)C.CC(C)(C)c1cc[c-]c(-c2cc(C(C)(C)C)ccn2)c1.[Ir]. The number of allylic oxidation sites excluding steroid dienone is 2. The molecule has 1 N–H and O–H groups in total. The summed E-state index contributed by atoms with van der Waals surface area (Å²) < 4.78 is 0. The van der Waals surface area contributed by atoms with Gasteiger partial charge >= 0.3 is 0 Å². The smallest absolute Gasteiger partial charge is 0.164 e. The molecule has 1 aliphatic rings. The fraction of sp³-hybridized carbons (Fsp3) is 0.426. The van der Waals surface area contributed by atoms with E-state index in [0.29, 0.717) is 0 Å². The van der Waals surface area contributed by atoms with Gasteiger partial charge in [-0.3, -0.25) is 4.79 Å². The predicted octanol–water partition coefficient (Wildman–Crippen LogP) is 14.5. The maximum atomic E-state index is 11.5. The second kappa shape index (κ2) is 16.7. The molecule has 0 fully saturated rings. The number of fused-ring (bicyclic) bond motifs is 3. The van der Waals surface area contributed by atoms with E-state index in [9.17, 15) is 9.90 Å². The first kappa shape index (κ1) is 47.5. The third-order valence-corrected chi connectivity index (χ3v) is 11.3. The number of benzene rings is 4. The van der Waals surface area contributed by atoms with E-state index in [1.54, 1.807) is 0 Å². The van der Waals surface area contributed by atoms with E-state index < -0.39 is 5.41 Å². The van der Waals surface area contributed by atoms with Crippen LogP contribution in [-0.4, -0.2) is 20.9 Å². The number of nitrogens with zero attached hydrogens (tertiary/aromatic N) is 2. The molecule has 0 bridgehead atoms. The molecule has 0 saturated heterocycles. The molecule has 0 amide bonds. The summed E-state index contributed by atoms with van der Waals surface area (Å²) in [6.45, 7) is 35.9. The Kier molecular flexibility index (Phi) is 13.4. The number of hydrogen-bond donors (Lipinski definition) is 1. The Morgan fingerprint density at radius 2 is 1.22 bits per heavy atom. The predicted molar refractivity (Wildman–Crippen MR) is 247 cm³/mol. The van der Waals surface area contributed by atoms with Crippen LogP contribution in [0.3, 0.4) is 0 Å². The fourth-order valence-electron chi connectivity index (χ4n) is 7.16. The van der Waals surface area contributed by atoms with E-state index in [-0.39, 0.29) is 58.7 Å². The van der Waals surface area contributed by atoms with Crippen LogP contribution in [0.2, 0.25) is 0 Å². The molecule has 2 heterocycles. The van der Waals surface area contributed by atoms with Gasteiger partial charge in [-0.2, -0.15) is 0 Å². The number of rotatable bonds is 2. The van der Waals surface area contributed by atoms with Gasteiger partial charge < -0.3 is 15.1 Å². The van der Waals surface area contributed by atoms with Gasteiger partial charge in [0.25, 0.3) is 0 Å². The first-order valence-corrected chi connectivity index (χ1v) is 20.7. The summed E-state index contributed by atoms with van der Waals surface area (Å²) in [6.07, 6.45) is 5.19. The first-order chi connectivity index (χ1) is 26.5. The standard InChI is InChI=1S/C24H22N.C19H24N.C11H20O2.Ir/c1-23(2,3)14-9-10-16-17(13-14)15-7-6-8-18-20(15)21-19(24(18,4)5)11-12-25-22(16)21;1-18(2,3)15-9-7-8-14(12-15)17-13-16(10-11-20-17)19(4,5)6;1-10(2,3)8(12)7-9(13)11(4,5)6;/h6-9,11-13H,1-5H3;7,9-13H,1-6H3;7,12H,1-6H3;/q2*-1;;/b;;8-7-;. The number of aliphatic hydroxyl groups is 1. The Balaban J connectivity index is 0.000000205. The van der Waals surface area contributed by atoms with Gasteiger partial charge in [0.1, 0.15) is 5.76 Å². The molecular weight excluding hydrogens is 901 g/mol. The molecule has 2 aromatic heterocycles. The minimum Gasteiger partial charge on any atom is -0.512 e. The number of ketones is 1. The maximum Gasteiger partial charge on any atom is 0.164 e.